The molecule has 2 unspecified atom stereocenters. The predicted octanol–water partition coefficient (Wildman–Crippen LogP) is 2.64. The van der Waals surface area contributed by atoms with Gasteiger partial charge in [0, 0.05) is 32.2 Å². The molecule has 6 heteroatoms. The van der Waals surface area contributed by atoms with Gasteiger partial charge >= 0.3 is 0 Å². The number of nitrogens with one attached hydrogen (secondary N) is 1. The van der Waals surface area contributed by atoms with Crippen molar-refractivity contribution in [2.24, 2.45) is 5.92 Å². The summed E-state index contributed by atoms with van der Waals surface area (Å²) in [5.74, 6) is -0.536. The molecule has 1 N–H and O–H groups in total. The predicted molar refractivity (Wildman–Crippen MR) is 104 cm³/mol. The molecular weight excluding hydrogens is 345 g/mol. The van der Waals surface area contributed by atoms with E-state index in [9.17, 15) is 14.0 Å². The zero-order chi connectivity index (χ0) is 19.4. The van der Waals surface area contributed by atoms with Crippen LogP contribution in [0.2, 0.25) is 0 Å². The number of anilines is 1. The van der Waals surface area contributed by atoms with Crippen LogP contribution in [0.5, 0.6) is 0 Å². The first-order valence-corrected chi connectivity index (χ1v) is 9.70. The van der Waals surface area contributed by atoms with Gasteiger partial charge in [-0.15, -0.1) is 0 Å². The average Bonchev–Trinajstić information content (AvgIpc) is 2.69. The zero-order valence-electron chi connectivity index (χ0n) is 15.9. The first-order chi connectivity index (χ1) is 13.0. The van der Waals surface area contributed by atoms with Gasteiger partial charge in [0.1, 0.15) is 5.82 Å². The van der Waals surface area contributed by atoms with E-state index in [0.717, 1.165) is 37.8 Å². The van der Waals surface area contributed by atoms with Gasteiger partial charge in [-0.1, -0.05) is 12.6 Å². The van der Waals surface area contributed by atoms with Crippen molar-refractivity contribution in [3.05, 3.63) is 42.2 Å². The summed E-state index contributed by atoms with van der Waals surface area (Å²) in [7, 11) is 0. The second-order valence-electron chi connectivity index (χ2n) is 7.58. The minimum atomic E-state index is -0.224. The van der Waals surface area contributed by atoms with Crippen LogP contribution in [0.1, 0.15) is 31.2 Å². The Balaban J connectivity index is 1.60. The summed E-state index contributed by atoms with van der Waals surface area (Å²) < 4.78 is 14.2. The summed E-state index contributed by atoms with van der Waals surface area (Å²) in [6.45, 7) is 7.99. The van der Waals surface area contributed by atoms with Crippen LogP contribution < -0.4 is 10.2 Å². The highest BCUT2D eigenvalue weighted by Gasteiger charge is 2.30. The summed E-state index contributed by atoms with van der Waals surface area (Å²) >= 11 is 0. The van der Waals surface area contributed by atoms with E-state index >= 15 is 0 Å². The number of halogens is 1. The molecule has 2 aliphatic heterocycles. The maximum Gasteiger partial charge on any atom is 0.245 e. The van der Waals surface area contributed by atoms with Crippen LogP contribution in [-0.4, -0.2) is 48.9 Å². The number of carbonyl (C=O) groups excluding carboxylic acids is 2. The van der Waals surface area contributed by atoms with E-state index in [2.05, 4.69) is 11.9 Å². The van der Waals surface area contributed by atoms with Crippen molar-refractivity contribution in [2.45, 2.75) is 38.6 Å². The number of nitrogens with zero attached hydrogens (tertiary/aromatic N) is 2. The smallest absolute Gasteiger partial charge is 0.245 e. The largest absolute Gasteiger partial charge is 0.367 e. The van der Waals surface area contributed by atoms with Crippen molar-refractivity contribution < 1.29 is 14.0 Å². The fraction of sp³-hybridized carbons (Fsp3) is 0.524. The van der Waals surface area contributed by atoms with Crippen LogP contribution in [0.15, 0.2) is 30.9 Å². The molecule has 2 aliphatic rings. The van der Waals surface area contributed by atoms with Gasteiger partial charge in [-0.05, 0) is 56.4 Å². The Bertz CT molecular complexity index is 721. The van der Waals surface area contributed by atoms with E-state index in [1.807, 2.05) is 17.9 Å². The van der Waals surface area contributed by atoms with Gasteiger partial charge in [-0.25, -0.2) is 4.39 Å². The Morgan fingerprint density at radius 3 is 2.78 bits per heavy atom. The molecule has 146 valence electrons. The van der Waals surface area contributed by atoms with E-state index in [1.165, 1.54) is 12.1 Å². The maximum absolute atomic E-state index is 14.2. The zero-order valence-corrected chi connectivity index (χ0v) is 15.9. The van der Waals surface area contributed by atoms with Gasteiger partial charge in [0.25, 0.3) is 0 Å². The highest BCUT2D eigenvalue weighted by atomic mass is 19.1. The van der Waals surface area contributed by atoms with Crippen LogP contribution in [0.4, 0.5) is 10.1 Å². The van der Waals surface area contributed by atoms with E-state index in [1.54, 1.807) is 11.0 Å². The summed E-state index contributed by atoms with van der Waals surface area (Å²) in [4.78, 5) is 28.2. The van der Waals surface area contributed by atoms with Crippen LogP contribution >= 0.6 is 0 Å². The molecule has 2 fully saturated rings. The Kier molecular flexibility index (Phi) is 6.14. The van der Waals surface area contributed by atoms with Crippen molar-refractivity contribution in [3.63, 3.8) is 0 Å². The summed E-state index contributed by atoms with van der Waals surface area (Å²) in [5, 5.41) is 3.13. The van der Waals surface area contributed by atoms with Crippen molar-refractivity contribution in [3.8, 4) is 0 Å². The summed E-state index contributed by atoms with van der Waals surface area (Å²) in [6.07, 6.45) is 4.70. The number of carbonyl (C=O) groups is 2. The molecule has 0 spiro atoms. The molecule has 0 bridgehead atoms. The van der Waals surface area contributed by atoms with Crippen LogP contribution in [0.3, 0.4) is 0 Å². The molecule has 0 aromatic heterocycles. The number of hydrogen-bond donors (Lipinski definition) is 1. The topological polar surface area (TPSA) is 52.7 Å². The van der Waals surface area contributed by atoms with E-state index in [4.69, 9.17) is 0 Å². The fourth-order valence-electron chi connectivity index (χ4n) is 4.02. The van der Waals surface area contributed by atoms with E-state index in [-0.39, 0.29) is 29.6 Å². The van der Waals surface area contributed by atoms with Gasteiger partial charge in [-0.2, -0.15) is 0 Å². The lowest BCUT2D eigenvalue weighted by atomic mass is 9.95. The molecule has 1 aromatic rings. The highest BCUT2D eigenvalue weighted by molar-refractivity contribution is 5.88. The second kappa shape index (κ2) is 8.55. The first-order valence-electron chi connectivity index (χ1n) is 9.70. The number of likely N-dealkylation sites (tertiary alicyclic amines) is 1. The quantitative estimate of drug-likeness (QED) is 0.826. The third-order valence-electron chi connectivity index (χ3n) is 5.49. The SMILES string of the molecule is C=CC(=O)N1CCCC(C(=O)NC2CCCN(c3cc(C)ccc3F)C2)C1. The van der Waals surface area contributed by atoms with Crippen molar-refractivity contribution in [2.75, 3.05) is 31.1 Å². The standard InChI is InChI=1S/C21H28FN3O2/c1-3-20(26)25-11-4-6-16(13-25)21(27)23-17-7-5-10-24(14-17)19-12-15(2)8-9-18(19)22/h3,8-9,12,16-17H,1,4-7,10-11,13-14H2,2H3,(H,23,27). The Morgan fingerprint density at radius 2 is 2.00 bits per heavy atom. The van der Waals surface area contributed by atoms with Gasteiger partial charge in [0.15, 0.2) is 0 Å². The maximum atomic E-state index is 14.2. The fourth-order valence-corrected chi connectivity index (χ4v) is 4.02. The molecule has 2 atom stereocenters. The summed E-state index contributed by atoms with van der Waals surface area (Å²) in [6, 6.07) is 5.12. The van der Waals surface area contributed by atoms with Crippen LogP contribution in [0.25, 0.3) is 0 Å². The molecule has 2 heterocycles. The number of piperidine rings is 2. The molecule has 0 aliphatic carbocycles. The molecule has 0 saturated carbocycles. The lowest BCUT2D eigenvalue weighted by Crippen LogP contribution is -2.52. The Hall–Kier alpha value is -2.37. The van der Waals surface area contributed by atoms with Crippen LogP contribution in [0, 0.1) is 18.7 Å². The second-order valence-corrected chi connectivity index (χ2v) is 7.58. The highest BCUT2D eigenvalue weighted by Crippen LogP contribution is 2.25. The molecule has 0 radical (unpaired) electrons. The Labute approximate surface area is 160 Å². The van der Waals surface area contributed by atoms with Gasteiger partial charge in [-0.3, -0.25) is 9.59 Å². The Morgan fingerprint density at radius 1 is 1.22 bits per heavy atom. The molecule has 2 saturated heterocycles. The first kappa shape index (κ1) is 19.4. The monoisotopic (exact) mass is 373 g/mol. The van der Waals surface area contributed by atoms with Crippen molar-refractivity contribution in [1.82, 2.24) is 10.2 Å². The van der Waals surface area contributed by atoms with Gasteiger partial charge in [0.05, 0.1) is 11.6 Å². The molecule has 2 amide bonds. The normalized spacial score (nSPS) is 23.0. The molecular formula is C21H28FN3O2. The summed E-state index contributed by atoms with van der Waals surface area (Å²) in [5.41, 5.74) is 1.63. The lowest BCUT2D eigenvalue weighted by molar-refractivity contribution is -0.132. The van der Waals surface area contributed by atoms with Crippen molar-refractivity contribution >= 4 is 17.5 Å². The van der Waals surface area contributed by atoms with E-state index in [0.29, 0.717) is 25.3 Å². The third kappa shape index (κ3) is 4.67. The van der Waals surface area contributed by atoms with Crippen LogP contribution in [-0.2, 0) is 9.59 Å². The molecule has 5 nitrogen and oxygen atoms in total. The number of hydrogen-bond acceptors (Lipinski definition) is 3. The van der Waals surface area contributed by atoms with Crippen molar-refractivity contribution in [1.29, 1.82) is 0 Å². The number of benzene rings is 1. The average molecular weight is 373 g/mol. The third-order valence-corrected chi connectivity index (χ3v) is 5.49. The number of aryl methyl sites for hydroxylation is 1. The molecule has 1 aromatic carbocycles. The number of amides is 2. The lowest BCUT2D eigenvalue weighted by Gasteiger charge is -2.37. The minimum absolute atomic E-state index is 0.00311. The molecule has 27 heavy (non-hydrogen) atoms. The minimum Gasteiger partial charge on any atom is -0.367 e. The van der Waals surface area contributed by atoms with Gasteiger partial charge in [0.2, 0.25) is 11.8 Å². The number of rotatable bonds is 4. The molecule has 3 rings (SSSR count). The van der Waals surface area contributed by atoms with Gasteiger partial charge < -0.3 is 15.1 Å². The van der Waals surface area contributed by atoms with E-state index < -0.39 is 0 Å².